The van der Waals surface area contributed by atoms with E-state index in [4.69, 9.17) is 0 Å². The Labute approximate surface area is 174 Å². The first kappa shape index (κ1) is 21.6. The molecule has 0 aliphatic rings. The molecular weight excluding hydrogens is 471 g/mol. The molecule has 0 aliphatic heterocycles. The molecule has 29 heavy (non-hydrogen) atoms. The highest BCUT2D eigenvalue weighted by atomic mass is 79.9. The largest absolute Gasteiger partial charge is 0.397 e. The van der Waals surface area contributed by atoms with E-state index in [1.165, 1.54) is 41.9 Å². The molecule has 0 bridgehead atoms. The van der Waals surface area contributed by atoms with Gasteiger partial charge in [0, 0.05) is 34.5 Å². The molecule has 1 aromatic heterocycles. The average molecular weight is 488 g/mol. The number of hydrogen-bond donors (Lipinski definition) is 0. The fourth-order valence-electron chi connectivity index (χ4n) is 3.27. The van der Waals surface area contributed by atoms with Crippen molar-refractivity contribution in [1.29, 1.82) is 0 Å². The summed E-state index contributed by atoms with van der Waals surface area (Å²) in [4.78, 5) is 12.3. The number of Topliss-reactive ketones (excluding diaryl/α,β-unsaturated/α-hetero) is 1. The molecule has 0 spiro atoms. The van der Waals surface area contributed by atoms with E-state index in [1.807, 2.05) is 0 Å². The SMILES string of the molecule is Cn1c([C@H](CC(=O)CS(=O)(=O)c2ccccc2)C(F)(F)F)cc2cc(Br)ccc21. The number of aromatic nitrogens is 1. The smallest absolute Gasteiger partial charge is 0.347 e. The lowest BCUT2D eigenvalue weighted by atomic mass is 9.98. The number of carbonyl (C=O) groups excluding carboxylic acids is 1. The van der Waals surface area contributed by atoms with Crippen LogP contribution in [0.1, 0.15) is 18.0 Å². The maximum Gasteiger partial charge on any atom is 0.397 e. The average Bonchev–Trinajstić information content (AvgIpc) is 2.94. The van der Waals surface area contributed by atoms with E-state index in [9.17, 15) is 26.4 Å². The molecule has 9 heteroatoms. The van der Waals surface area contributed by atoms with Crippen LogP contribution in [0.3, 0.4) is 0 Å². The van der Waals surface area contributed by atoms with Crippen LogP contribution in [-0.4, -0.2) is 30.7 Å². The van der Waals surface area contributed by atoms with E-state index in [0.717, 1.165) is 4.47 Å². The van der Waals surface area contributed by atoms with Gasteiger partial charge in [-0.3, -0.25) is 4.79 Å². The Morgan fingerprint density at radius 1 is 1.10 bits per heavy atom. The summed E-state index contributed by atoms with van der Waals surface area (Å²) in [5.41, 5.74) is 0.498. The van der Waals surface area contributed by atoms with Crippen LogP contribution in [0.4, 0.5) is 13.2 Å². The van der Waals surface area contributed by atoms with Crippen molar-refractivity contribution in [3.05, 3.63) is 64.8 Å². The lowest BCUT2D eigenvalue weighted by Crippen LogP contribution is -2.28. The summed E-state index contributed by atoms with van der Waals surface area (Å²) < 4.78 is 68.1. The topological polar surface area (TPSA) is 56.1 Å². The minimum Gasteiger partial charge on any atom is -0.347 e. The number of carbonyl (C=O) groups is 1. The Bertz CT molecular complexity index is 1150. The third kappa shape index (κ3) is 4.72. The number of sulfone groups is 1. The van der Waals surface area contributed by atoms with Crippen molar-refractivity contribution < 1.29 is 26.4 Å². The number of ketones is 1. The van der Waals surface area contributed by atoms with Crippen LogP contribution in [-0.2, 0) is 21.7 Å². The number of nitrogens with zero attached hydrogens (tertiary/aromatic N) is 1. The molecule has 3 rings (SSSR count). The van der Waals surface area contributed by atoms with Gasteiger partial charge in [0.1, 0.15) is 17.5 Å². The van der Waals surface area contributed by atoms with Gasteiger partial charge < -0.3 is 4.57 Å². The van der Waals surface area contributed by atoms with Crippen LogP contribution < -0.4 is 0 Å². The Morgan fingerprint density at radius 3 is 2.38 bits per heavy atom. The maximum atomic E-state index is 13.8. The van der Waals surface area contributed by atoms with Crippen molar-refractivity contribution in [3.8, 4) is 0 Å². The Balaban J connectivity index is 1.91. The zero-order valence-electron chi connectivity index (χ0n) is 15.3. The monoisotopic (exact) mass is 487 g/mol. The summed E-state index contributed by atoms with van der Waals surface area (Å²) in [5, 5.41) is 0.593. The van der Waals surface area contributed by atoms with Crippen molar-refractivity contribution in [1.82, 2.24) is 4.57 Å². The Kier molecular flexibility index (Phi) is 5.91. The highest BCUT2D eigenvalue weighted by Gasteiger charge is 2.44. The van der Waals surface area contributed by atoms with Crippen molar-refractivity contribution in [2.45, 2.75) is 23.4 Å². The van der Waals surface area contributed by atoms with Gasteiger partial charge in [-0.1, -0.05) is 34.1 Å². The van der Waals surface area contributed by atoms with E-state index < -0.39 is 39.9 Å². The molecule has 1 atom stereocenters. The lowest BCUT2D eigenvalue weighted by molar-refractivity contribution is -0.157. The van der Waals surface area contributed by atoms with Crippen LogP contribution in [0, 0.1) is 0 Å². The van der Waals surface area contributed by atoms with E-state index in [1.54, 1.807) is 24.3 Å². The third-order valence-corrected chi connectivity index (χ3v) is 6.86. The number of benzene rings is 2. The van der Waals surface area contributed by atoms with Crippen molar-refractivity contribution in [2.24, 2.45) is 7.05 Å². The second kappa shape index (κ2) is 7.95. The first-order chi connectivity index (χ1) is 13.5. The number of rotatable bonds is 6. The second-order valence-corrected chi connectivity index (χ2v) is 9.65. The lowest BCUT2D eigenvalue weighted by Gasteiger charge is -2.21. The van der Waals surface area contributed by atoms with E-state index >= 15 is 0 Å². The molecule has 154 valence electrons. The third-order valence-electron chi connectivity index (χ3n) is 4.68. The number of fused-ring (bicyclic) bond motifs is 1. The molecule has 0 N–H and O–H groups in total. The summed E-state index contributed by atoms with van der Waals surface area (Å²) in [5.74, 6) is -4.06. The molecule has 0 amide bonds. The molecular formula is C20H17BrF3NO3S. The van der Waals surface area contributed by atoms with Gasteiger partial charge in [-0.15, -0.1) is 0 Å². The predicted molar refractivity (Wildman–Crippen MR) is 108 cm³/mol. The molecule has 0 fully saturated rings. The Morgan fingerprint density at radius 2 is 1.76 bits per heavy atom. The summed E-state index contributed by atoms with van der Waals surface area (Å²) in [6.07, 6.45) is -5.65. The summed E-state index contributed by atoms with van der Waals surface area (Å²) >= 11 is 3.29. The minimum absolute atomic E-state index is 0.0870. The molecule has 0 radical (unpaired) electrons. The predicted octanol–water partition coefficient (Wildman–Crippen LogP) is 5.02. The van der Waals surface area contributed by atoms with E-state index in [0.29, 0.717) is 10.9 Å². The van der Waals surface area contributed by atoms with Crippen LogP contribution in [0.15, 0.2) is 64.0 Å². The molecule has 0 saturated heterocycles. The van der Waals surface area contributed by atoms with Crippen LogP contribution >= 0.6 is 15.9 Å². The van der Waals surface area contributed by atoms with Crippen molar-refractivity contribution in [2.75, 3.05) is 5.75 Å². The maximum absolute atomic E-state index is 13.8. The number of alkyl halides is 3. The molecule has 2 aromatic carbocycles. The van der Waals surface area contributed by atoms with Gasteiger partial charge in [-0.2, -0.15) is 13.2 Å². The zero-order chi connectivity index (χ0) is 21.4. The van der Waals surface area contributed by atoms with Gasteiger partial charge in [0.25, 0.3) is 0 Å². The molecule has 3 aromatic rings. The van der Waals surface area contributed by atoms with Gasteiger partial charge in [-0.25, -0.2) is 8.42 Å². The van der Waals surface area contributed by atoms with Crippen LogP contribution in [0.5, 0.6) is 0 Å². The van der Waals surface area contributed by atoms with E-state index in [2.05, 4.69) is 15.9 Å². The van der Waals surface area contributed by atoms with Gasteiger partial charge in [-0.05, 0) is 36.4 Å². The highest BCUT2D eigenvalue weighted by Crippen LogP contribution is 2.40. The summed E-state index contributed by atoms with van der Waals surface area (Å²) in [6, 6.07) is 13.7. The first-order valence-corrected chi connectivity index (χ1v) is 11.0. The minimum atomic E-state index is -4.70. The Hall–Kier alpha value is -2.13. The molecule has 4 nitrogen and oxygen atoms in total. The van der Waals surface area contributed by atoms with Gasteiger partial charge in [0.05, 0.1) is 4.90 Å². The fraction of sp³-hybridized carbons (Fsp3) is 0.250. The van der Waals surface area contributed by atoms with E-state index in [-0.39, 0.29) is 10.6 Å². The van der Waals surface area contributed by atoms with Gasteiger partial charge >= 0.3 is 6.18 Å². The van der Waals surface area contributed by atoms with Crippen molar-refractivity contribution >= 4 is 42.5 Å². The summed E-state index contributed by atoms with van der Waals surface area (Å²) in [7, 11) is -2.51. The number of aryl methyl sites for hydroxylation is 1. The molecule has 0 unspecified atom stereocenters. The normalized spacial score (nSPS) is 13.6. The number of halogens is 4. The molecule has 0 saturated carbocycles. The van der Waals surface area contributed by atoms with Gasteiger partial charge in [0.15, 0.2) is 9.84 Å². The first-order valence-electron chi connectivity index (χ1n) is 8.60. The van der Waals surface area contributed by atoms with Crippen molar-refractivity contribution in [3.63, 3.8) is 0 Å². The standard InChI is InChI=1S/C20H17BrF3NO3S/c1-25-18-8-7-14(21)9-13(18)10-19(25)17(20(22,23)24)11-15(26)12-29(27,28)16-5-3-2-4-6-16/h2-10,17H,11-12H2,1H3/t17-/m0/s1. The quantitative estimate of drug-likeness (QED) is 0.490. The number of hydrogen-bond acceptors (Lipinski definition) is 3. The molecule has 1 heterocycles. The highest BCUT2D eigenvalue weighted by molar-refractivity contribution is 9.10. The molecule has 0 aliphatic carbocycles. The second-order valence-electron chi connectivity index (χ2n) is 6.74. The van der Waals surface area contributed by atoms with Gasteiger partial charge in [0.2, 0.25) is 0 Å². The zero-order valence-corrected chi connectivity index (χ0v) is 17.7. The van der Waals surface area contributed by atoms with Crippen LogP contribution in [0.2, 0.25) is 0 Å². The van der Waals surface area contributed by atoms with Crippen LogP contribution in [0.25, 0.3) is 10.9 Å². The fourth-order valence-corrected chi connectivity index (χ4v) is 4.93. The summed E-state index contributed by atoms with van der Waals surface area (Å²) in [6.45, 7) is 0.